The Morgan fingerprint density at radius 3 is 2.93 bits per heavy atom. The van der Waals surface area contributed by atoms with E-state index < -0.39 is 0 Å². The molecule has 1 heterocycles. The minimum absolute atomic E-state index is 0.218. The monoisotopic (exact) mass is 249 g/mol. The fraction of sp³-hybridized carbons (Fsp3) is 0.625. The van der Waals surface area contributed by atoms with E-state index in [2.05, 4.69) is 14.3 Å². The number of hydrogen-bond donors (Lipinski definition) is 0. The number of ether oxygens (including phenoxy) is 1. The summed E-state index contributed by atoms with van der Waals surface area (Å²) >= 11 is 7.01. The number of carbonyl (C=O) groups excluding carboxylic acids is 1. The van der Waals surface area contributed by atoms with Crippen LogP contribution in [0.15, 0.2) is 0 Å². The predicted octanol–water partition coefficient (Wildman–Crippen LogP) is 1.19. The van der Waals surface area contributed by atoms with E-state index in [1.54, 1.807) is 0 Å². The molecule has 0 aliphatic rings. The molecule has 0 amide bonds. The molecule has 0 fully saturated rings. The van der Waals surface area contributed by atoms with E-state index in [1.807, 2.05) is 11.9 Å². The number of rotatable bonds is 5. The highest BCUT2D eigenvalue weighted by Crippen LogP contribution is 2.18. The third kappa shape index (κ3) is 4.11. The van der Waals surface area contributed by atoms with Gasteiger partial charge in [-0.1, -0.05) is 16.1 Å². The van der Waals surface area contributed by atoms with Crippen LogP contribution in [0.25, 0.3) is 0 Å². The van der Waals surface area contributed by atoms with Gasteiger partial charge < -0.3 is 4.74 Å². The number of esters is 1. The molecule has 84 valence electrons. The lowest BCUT2D eigenvalue weighted by atomic mass is 10.3. The van der Waals surface area contributed by atoms with Gasteiger partial charge in [0.2, 0.25) is 0 Å². The normalized spacial score (nSPS) is 10.7. The van der Waals surface area contributed by atoms with Crippen LogP contribution in [-0.4, -0.2) is 41.2 Å². The molecule has 0 radical (unpaired) electrons. The topological polar surface area (TPSA) is 55.3 Å². The molecular weight excluding hydrogens is 238 g/mol. The molecule has 0 aliphatic heterocycles. The highest BCUT2D eigenvalue weighted by Gasteiger charge is 2.09. The van der Waals surface area contributed by atoms with Gasteiger partial charge in [-0.05, 0) is 7.05 Å². The Morgan fingerprint density at radius 2 is 2.40 bits per heavy atom. The summed E-state index contributed by atoms with van der Waals surface area (Å²) in [5, 5.41) is 3.88. The Hall–Kier alpha value is -0.720. The first-order valence-electron chi connectivity index (χ1n) is 4.35. The number of aromatic nitrogens is 2. The summed E-state index contributed by atoms with van der Waals surface area (Å²) in [7, 11) is 3.27. The van der Waals surface area contributed by atoms with E-state index in [0.29, 0.717) is 23.8 Å². The molecule has 7 heteroatoms. The Balaban J connectivity index is 2.33. The van der Waals surface area contributed by atoms with Gasteiger partial charge in [0.05, 0.1) is 13.5 Å². The highest BCUT2D eigenvalue weighted by molar-refractivity contribution is 7.10. The van der Waals surface area contributed by atoms with Crippen molar-refractivity contribution in [2.45, 2.75) is 13.0 Å². The van der Waals surface area contributed by atoms with E-state index >= 15 is 0 Å². The summed E-state index contributed by atoms with van der Waals surface area (Å²) in [5.41, 5.74) is 0.744. The molecule has 5 nitrogen and oxygen atoms in total. The first kappa shape index (κ1) is 12.4. The Labute approximate surface area is 97.1 Å². The van der Waals surface area contributed by atoms with Crippen LogP contribution < -0.4 is 0 Å². The first-order valence-corrected chi connectivity index (χ1v) is 5.50. The Morgan fingerprint density at radius 1 is 1.67 bits per heavy atom. The van der Waals surface area contributed by atoms with E-state index in [9.17, 15) is 4.79 Å². The second-order valence-electron chi connectivity index (χ2n) is 3.06. The van der Waals surface area contributed by atoms with Crippen molar-refractivity contribution in [3.63, 3.8) is 0 Å². The molecule has 1 aromatic heterocycles. The summed E-state index contributed by atoms with van der Waals surface area (Å²) in [4.78, 5) is 12.8. The molecule has 0 saturated carbocycles. The smallest absolute Gasteiger partial charge is 0.306 e. The Bertz CT molecular complexity index is 331. The highest BCUT2D eigenvalue weighted by atomic mass is 35.5. The maximum atomic E-state index is 10.9. The number of methoxy groups -OCH3 is 1. The SMILES string of the molecule is COC(=O)CCN(C)Cc1nnsc1Cl. The zero-order chi connectivity index (χ0) is 11.3. The van der Waals surface area contributed by atoms with Crippen LogP contribution in [0.3, 0.4) is 0 Å². The summed E-state index contributed by atoms with van der Waals surface area (Å²) < 4.78 is 8.87. The van der Waals surface area contributed by atoms with Gasteiger partial charge in [0.25, 0.3) is 0 Å². The number of carbonyl (C=O) groups is 1. The maximum absolute atomic E-state index is 10.9. The van der Waals surface area contributed by atoms with Crippen LogP contribution in [-0.2, 0) is 16.1 Å². The Kier molecular flexibility index (Phi) is 4.93. The maximum Gasteiger partial charge on any atom is 0.306 e. The van der Waals surface area contributed by atoms with Crippen molar-refractivity contribution in [3.05, 3.63) is 10.0 Å². The third-order valence-corrected chi connectivity index (χ3v) is 2.84. The molecule has 0 N–H and O–H groups in total. The second-order valence-corrected chi connectivity index (χ2v) is 4.41. The van der Waals surface area contributed by atoms with Crippen LogP contribution in [0.5, 0.6) is 0 Å². The number of nitrogens with zero attached hydrogens (tertiary/aromatic N) is 3. The quantitative estimate of drug-likeness (QED) is 0.734. The number of hydrogen-bond acceptors (Lipinski definition) is 6. The van der Waals surface area contributed by atoms with Crippen molar-refractivity contribution in [3.8, 4) is 0 Å². The zero-order valence-corrected chi connectivity index (χ0v) is 10.1. The van der Waals surface area contributed by atoms with Crippen molar-refractivity contribution in [2.75, 3.05) is 20.7 Å². The van der Waals surface area contributed by atoms with Crippen molar-refractivity contribution in [1.82, 2.24) is 14.5 Å². The van der Waals surface area contributed by atoms with Gasteiger partial charge in [0.15, 0.2) is 0 Å². The van der Waals surface area contributed by atoms with Gasteiger partial charge in [0, 0.05) is 24.6 Å². The lowest BCUT2D eigenvalue weighted by Crippen LogP contribution is -2.22. The molecular formula is C8H12ClN3O2S. The lowest BCUT2D eigenvalue weighted by Gasteiger charge is -2.13. The van der Waals surface area contributed by atoms with Gasteiger partial charge in [0.1, 0.15) is 10.0 Å². The van der Waals surface area contributed by atoms with E-state index in [-0.39, 0.29) is 5.97 Å². The molecule has 0 atom stereocenters. The van der Waals surface area contributed by atoms with Crippen molar-refractivity contribution in [1.29, 1.82) is 0 Å². The van der Waals surface area contributed by atoms with Crippen molar-refractivity contribution in [2.24, 2.45) is 0 Å². The summed E-state index contributed by atoms with van der Waals surface area (Å²) in [5.74, 6) is -0.218. The minimum atomic E-state index is -0.218. The third-order valence-electron chi connectivity index (χ3n) is 1.85. The summed E-state index contributed by atoms with van der Waals surface area (Å²) in [6, 6.07) is 0. The van der Waals surface area contributed by atoms with Gasteiger partial charge in [-0.25, -0.2) is 0 Å². The average molecular weight is 250 g/mol. The van der Waals surface area contributed by atoms with Crippen LogP contribution >= 0.6 is 23.1 Å². The van der Waals surface area contributed by atoms with Gasteiger partial charge in [-0.15, -0.1) is 5.10 Å². The molecule has 0 bridgehead atoms. The molecule has 15 heavy (non-hydrogen) atoms. The number of halogens is 1. The minimum Gasteiger partial charge on any atom is -0.469 e. The van der Waals surface area contributed by atoms with E-state index in [0.717, 1.165) is 17.2 Å². The van der Waals surface area contributed by atoms with Crippen LogP contribution in [0, 0.1) is 0 Å². The summed E-state index contributed by atoms with van der Waals surface area (Å²) in [6.45, 7) is 1.20. The fourth-order valence-electron chi connectivity index (χ4n) is 1.01. The van der Waals surface area contributed by atoms with E-state index in [1.165, 1.54) is 7.11 Å². The molecule has 0 unspecified atom stereocenters. The predicted molar refractivity (Wildman–Crippen MR) is 57.9 cm³/mol. The molecule has 0 saturated heterocycles. The van der Waals surface area contributed by atoms with Crippen molar-refractivity contribution >= 4 is 29.1 Å². The fourth-order valence-corrected chi connectivity index (χ4v) is 1.62. The molecule has 1 aromatic rings. The molecule has 1 rings (SSSR count). The molecule has 0 aliphatic carbocycles. The lowest BCUT2D eigenvalue weighted by molar-refractivity contribution is -0.140. The zero-order valence-electron chi connectivity index (χ0n) is 8.57. The molecule has 0 aromatic carbocycles. The van der Waals surface area contributed by atoms with Crippen LogP contribution in [0.1, 0.15) is 12.1 Å². The first-order chi connectivity index (χ1) is 7.13. The van der Waals surface area contributed by atoms with Gasteiger partial charge in [-0.3, -0.25) is 9.69 Å². The van der Waals surface area contributed by atoms with Crippen LogP contribution in [0.2, 0.25) is 4.34 Å². The average Bonchev–Trinajstić information content (AvgIpc) is 2.61. The largest absolute Gasteiger partial charge is 0.469 e. The molecule has 0 spiro atoms. The van der Waals surface area contributed by atoms with Crippen LogP contribution in [0.4, 0.5) is 0 Å². The summed E-state index contributed by atoms with van der Waals surface area (Å²) in [6.07, 6.45) is 0.363. The van der Waals surface area contributed by atoms with Crippen molar-refractivity contribution < 1.29 is 9.53 Å². The van der Waals surface area contributed by atoms with Gasteiger partial charge >= 0.3 is 5.97 Å². The van der Waals surface area contributed by atoms with Gasteiger partial charge in [-0.2, -0.15) is 0 Å². The standard InChI is InChI=1S/C8H12ClN3O2S/c1-12(4-3-7(13)14-2)5-6-8(9)15-11-10-6/h3-5H2,1-2H3. The van der Waals surface area contributed by atoms with E-state index in [4.69, 9.17) is 11.6 Å². The second kappa shape index (κ2) is 5.99.